The van der Waals surface area contributed by atoms with Crippen LogP contribution >= 0.6 is 35.0 Å². The maximum absolute atomic E-state index is 12.4. The minimum atomic E-state index is -0.603. The van der Waals surface area contributed by atoms with Crippen molar-refractivity contribution in [3.8, 4) is 0 Å². The highest BCUT2D eigenvalue weighted by Crippen LogP contribution is 2.50. The molecule has 0 radical (unpaired) electrons. The first kappa shape index (κ1) is 15.7. The Labute approximate surface area is 143 Å². The molecule has 0 fully saturated rings. The van der Waals surface area contributed by atoms with Gasteiger partial charge in [0, 0.05) is 21.3 Å². The Morgan fingerprint density at radius 2 is 2.05 bits per heavy atom. The van der Waals surface area contributed by atoms with Crippen molar-refractivity contribution in [2.24, 2.45) is 0 Å². The highest BCUT2D eigenvalue weighted by molar-refractivity contribution is 8.01. The summed E-state index contributed by atoms with van der Waals surface area (Å²) in [5.41, 5.74) is 2.79. The molecule has 3 rings (SSSR count). The average Bonchev–Trinajstić information content (AvgIpc) is 2.73. The molecule has 1 aromatic carbocycles. The van der Waals surface area contributed by atoms with E-state index in [1.54, 1.807) is 17.8 Å². The SMILES string of the molecule is Cc1[nH]nc2c1C(c1ccc(Cl)cc1Cl)SC(C)(C)C(=O)N2. The van der Waals surface area contributed by atoms with Crippen LogP contribution in [0.2, 0.25) is 10.0 Å². The fourth-order valence-corrected chi connectivity index (χ4v) is 4.52. The molecule has 2 aromatic rings. The Morgan fingerprint density at radius 1 is 1.32 bits per heavy atom. The molecule has 116 valence electrons. The van der Waals surface area contributed by atoms with Crippen LogP contribution < -0.4 is 5.32 Å². The van der Waals surface area contributed by atoms with Crippen LogP contribution in [0.25, 0.3) is 0 Å². The van der Waals surface area contributed by atoms with E-state index < -0.39 is 4.75 Å². The zero-order chi connectivity index (χ0) is 16.1. The first-order valence-electron chi connectivity index (χ1n) is 6.78. The van der Waals surface area contributed by atoms with Crippen LogP contribution in [0, 0.1) is 6.92 Å². The number of benzene rings is 1. The maximum Gasteiger partial charge on any atom is 0.241 e. The second-order valence-electron chi connectivity index (χ2n) is 5.74. The number of amides is 1. The van der Waals surface area contributed by atoms with E-state index in [-0.39, 0.29) is 11.2 Å². The molecule has 2 N–H and O–H groups in total. The van der Waals surface area contributed by atoms with Gasteiger partial charge in [-0.1, -0.05) is 29.3 Å². The Balaban J connectivity index is 2.19. The number of thioether (sulfide) groups is 1. The number of hydrogen-bond donors (Lipinski definition) is 2. The van der Waals surface area contributed by atoms with Crippen molar-refractivity contribution < 1.29 is 4.79 Å². The number of aromatic nitrogens is 2. The summed E-state index contributed by atoms with van der Waals surface area (Å²) in [6, 6.07) is 5.44. The van der Waals surface area contributed by atoms with Crippen molar-refractivity contribution in [1.29, 1.82) is 0 Å². The van der Waals surface area contributed by atoms with Crippen LogP contribution in [0.5, 0.6) is 0 Å². The summed E-state index contributed by atoms with van der Waals surface area (Å²) in [5.74, 6) is 0.495. The van der Waals surface area contributed by atoms with Crippen molar-refractivity contribution in [2.75, 3.05) is 5.32 Å². The van der Waals surface area contributed by atoms with Crippen molar-refractivity contribution in [2.45, 2.75) is 30.8 Å². The zero-order valence-corrected chi connectivity index (χ0v) is 14.7. The van der Waals surface area contributed by atoms with Gasteiger partial charge < -0.3 is 5.32 Å². The predicted octanol–water partition coefficient (Wildman–Crippen LogP) is 4.58. The van der Waals surface area contributed by atoms with Crippen molar-refractivity contribution in [1.82, 2.24) is 10.2 Å². The van der Waals surface area contributed by atoms with Crippen molar-refractivity contribution in [3.05, 3.63) is 45.1 Å². The third-order valence-electron chi connectivity index (χ3n) is 3.69. The van der Waals surface area contributed by atoms with Gasteiger partial charge in [0.05, 0.1) is 10.00 Å². The molecule has 22 heavy (non-hydrogen) atoms. The van der Waals surface area contributed by atoms with Gasteiger partial charge in [-0.15, -0.1) is 11.8 Å². The minimum absolute atomic E-state index is 0.0714. The molecule has 1 atom stereocenters. The van der Waals surface area contributed by atoms with E-state index in [0.717, 1.165) is 16.8 Å². The molecule has 4 nitrogen and oxygen atoms in total. The number of rotatable bonds is 1. The molecule has 0 saturated carbocycles. The smallest absolute Gasteiger partial charge is 0.241 e. The Hall–Kier alpha value is -1.17. The molecule has 7 heteroatoms. The largest absolute Gasteiger partial charge is 0.308 e. The van der Waals surface area contributed by atoms with Gasteiger partial charge in [0.2, 0.25) is 5.91 Å². The topological polar surface area (TPSA) is 57.8 Å². The lowest BCUT2D eigenvalue weighted by Crippen LogP contribution is -2.33. The molecule has 0 spiro atoms. The van der Waals surface area contributed by atoms with Crippen molar-refractivity contribution in [3.63, 3.8) is 0 Å². The second kappa shape index (κ2) is 5.48. The number of carbonyl (C=O) groups is 1. The van der Waals surface area contributed by atoms with Crippen LogP contribution in [0.3, 0.4) is 0 Å². The quantitative estimate of drug-likeness (QED) is 0.786. The molecule has 1 aromatic heterocycles. The lowest BCUT2D eigenvalue weighted by atomic mass is 10.0. The molecular weight excluding hydrogens is 341 g/mol. The summed E-state index contributed by atoms with van der Waals surface area (Å²) >= 11 is 14.0. The number of H-pyrrole nitrogens is 1. The van der Waals surface area contributed by atoms with Gasteiger partial charge in [0.25, 0.3) is 0 Å². The summed E-state index contributed by atoms with van der Waals surface area (Å²) in [4.78, 5) is 12.4. The molecule has 2 heterocycles. The highest BCUT2D eigenvalue weighted by atomic mass is 35.5. The average molecular weight is 356 g/mol. The number of aryl methyl sites for hydroxylation is 1. The lowest BCUT2D eigenvalue weighted by Gasteiger charge is -2.25. The first-order chi connectivity index (χ1) is 10.3. The summed E-state index contributed by atoms with van der Waals surface area (Å²) in [7, 11) is 0. The van der Waals surface area contributed by atoms with Gasteiger partial charge in [0.15, 0.2) is 5.82 Å². The number of halogens is 2. The van der Waals surface area contributed by atoms with Gasteiger partial charge in [-0.05, 0) is 38.5 Å². The van der Waals surface area contributed by atoms with E-state index in [0.29, 0.717) is 15.9 Å². The Morgan fingerprint density at radius 3 is 2.73 bits per heavy atom. The van der Waals surface area contributed by atoms with Crippen LogP contribution in [0.15, 0.2) is 18.2 Å². The van der Waals surface area contributed by atoms with E-state index in [2.05, 4.69) is 15.5 Å². The van der Waals surface area contributed by atoms with Crippen LogP contribution in [-0.4, -0.2) is 20.9 Å². The van der Waals surface area contributed by atoms with Gasteiger partial charge in [-0.3, -0.25) is 9.89 Å². The predicted molar refractivity (Wildman–Crippen MR) is 91.9 cm³/mol. The monoisotopic (exact) mass is 355 g/mol. The number of anilines is 1. The van der Waals surface area contributed by atoms with Gasteiger partial charge in [0.1, 0.15) is 0 Å². The molecule has 0 aliphatic carbocycles. The molecular formula is C15H15Cl2N3OS. The minimum Gasteiger partial charge on any atom is -0.308 e. The first-order valence-corrected chi connectivity index (χ1v) is 8.42. The number of nitrogens with one attached hydrogen (secondary N) is 2. The van der Waals surface area contributed by atoms with Gasteiger partial charge in [-0.2, -0.15) is 5.10 Å². The summed E-state index contributed by atoms with van der Waals surface area (Å²) in [5, 5.41) is 11.1. The standard InChI is InChI=1S/C15H15Cl2N3OS/c1-7-11-12(9-5-4-8(16)6-10(9)17)22-15(2,3)14(21)18-13(11)20-19-7/h4-6,12H,1-3H3,(H2,18,19,20,21). The van der Waals surface area contributed by atoms with Crippen LogP contribution in [0.1, 0.15) is 35.9 Å². The molecule has 1 unspecified atom stereocenters. The van der Waals surface area contributed by atoms with Gasteiger partial charge >= 0.3 is 0 Å². The third kappa shape index (κ3) is 2.62. The number of fused-ring (bicyclic) bond motifs is 1. The molecule has 0 bridgehead atoms. The second-order valence-corrected chi connectivity index (χ2v) is 8.31. The van der Waals surface area contributed by atoms with E-state index in [1.807, 2.05) is 32.9 Å². The summed E-state index contributed by atoms with van der Waals surface area (Å²) in [6.07, 6.45) is 0. The Kier molecular flexibility index (Phi) is 3.91. The molecule has 0 saturated heterocycles. The summed E-state index contributed by atoms with van der Waals surface area (Å²) < 4.78 is -0.603. The van der Waals surface area contributed by atoms with E-state index in [1.165, 1.54) is 0 Å². The third-order valence-corrected chi connectivity index (χ3v) is 5.76. The maximum atomic E-state index is 12.4. The molecule has 1 amide bonds. The normalized spacial score (nSPS) is 20.2. The van der Waals surface area contributed by atoms with E-state index >= 15 is 0 Å². The van der Waals surface area contributed by atoms with E-state index in [4.69, 9.17) is 23.2 Å². The summed E-state index contributed by atoms with van der Waals surface area (Å²) in [6.45, 7) is 5.73. The molecule has 1 aliphatic rings. The zero-order valence-electron chi connectivity index (χ0n) is 12.3. The number of hydrogen-bond acceptors (Lipinski definition) is 3. The number of aromatic amines is 1. The van der Waals surface area contributed by atoms with Gasteiger partial charge in [-0.25, -0.2) is 0 Å². The van der Waals surface area contributed by atoms with Crippen molar-refractivity contribution >= 4 is 46.7 Å². The molecule has 1 aliphatic heterocycles. The number of nitrogens with zero attached hydrogens (tertiary/aromatic N) is 1. The van der Waals surface area contributed by atoms with Crippen LogP contribution in [0.4, 0.5) is 5.82 Å². The van der Waals surface area contributed by atoms with Crippen LogP contribution in [-0.2, 0) is 4.79 Å². The Bertz CT molecular complexity index is 757. The lowest BCUT2D eigenvalue weighted by molar-refractivity contribution is -0.117. The highest BCUT2D eigenvalue weighted by Gasteiger charge is 2.40. The number of carbonyl (C=O) groups excluding carboxylic acids is 1. The fraction of sp³-hybridized carbons (Fsp3) is 0.333. The fourth-order valence-electron chi connectivity index (χ4n) is 2.45. The van der Waals surface area contributed by atoms with E-state index in [9.17, 15) is 4.79 Å².